The molecule has 1 unspecified atom stereocenters. The van der Waals surface area contributed by atoms with E-state index in [0.717, 1.165) is 28.9 Å². The summed E-state index contributed by atoms with van der Waals surface area (Å²) in [7, 11) is 4.00. The number of nitrogens with one attached hydrogen (secondary N) is 1. The number of rotatable bonds is 3. The molecule has 2 aromatic carbocycles. The summed E-state index contributed by atoms with van der Waals surface area (Å²) in [5, 5.41) is 12.8. The summed E-state index contributed by atoms with van der Waals surface area (Å²) in [6, 6.07) is 13.4. The second kappa shape index (κ2) is 7.15. The fourth-order valence-electron chi connectivity index (χ4n) is 3.52. The zero-order valence-electron chi connectivity index (χ0n) is 15.0. The lowest BCUT2D eigenvalue weighted by Crippen LogP contribution is -2.43. The molecule has 0 aromatic heterocycles. The van der Waals surface area contributed by atoms with Crippen molar-refractivity contribution in [2.24, 2.45) is 0 Å². The molecule has 0 fully saturated rings. The maximum atomic E-state index is 12.8. The fraction of sp³-hybridized carbons (Fsp3) is 0.350. The standard InChI is InChI=1S/C20H25N3O2/c1-14-12-16(8-9-18(14)22(2)3)21-20(25)23-11-10-15-6-4-5-7-17(15)19(23)13-24/h4-9,12,19,24H,10-11,13H2,1-3H3,(H,21,25). The first-order chi connectivity index (χ1) is 12.0. The fourth-order valence-corrected chi connectivity index (χ4v) is 3.52. The molecule has 2 N–H and O–H groups in total. The number of amides is 2. The number of benzene rings is 2. The molecule has 2 aromatic rings. The first-order valence-corrected chi connectivity index (χ1v) is 8.55. The number of aliphatic hydroxyl groups excluding tert-OH is 1. The van der Waals surface area contributed by atoms with Gasteiger partial charge in [0, 0.05) is 32.0 Å². The number of anilines is 2. The minimum absolute atomic E-state index is 0.0803. The summed E-state index contributed by atoms with van der Waals surface area (Å²) in [4.78, 5) is 16.5. The van der Waals surface area contributed by atoms with Gasteiger partial charge in [0.2, 0.25) is 0 Å². The molecule has 0 bridgehead atoms. The van der Waals surface area contributed by atoms with Crippen molar-refractivity contribution in [2.45, 2.75) is 19.4 Å². The summed E-state index contributed by atoms with van der Waals surface area (Å²) in [6.07, 6.45) is 0.804. The van der Waals surface area contributed by atoms with E-state index in [4.69, 9.17) is 0 Å². The lowest BCUT2D eigenvalue weighted by molar-refractivity contribution is 0.135. The molecule has 1 aliphatic rings. The molecule has 132 valence electrons. The number of hydrogen-bond acceptors (Lipinski definition) is 3. The Morgan fingerprint density at radius 2 is 2.04 bits per heavy atom. The molecule has 0 radical (unpaired) electrons. The lowest BCUT2D eigenvalue weighted by Gasteiger charge is -2.36. The molecule has 0 saturated carbocycles. The van der Waals surface area contributed by atoms with E-state index in [-0.39, 0.29) is 18.7 Å². The zero-order chi connectivity index (χ0) is 18.0. The zero-order valence-corrected chi connectivity index (χ0v) is 15.0. The number of carbonyl (C=O) groups excluding carboxylic acids is 1. The Hall–Kier alpha value is -2.53. The minimum Gasteiger partial charge on any atom is -0.394 e. The van der Waals surface area contributed by atoms with Crippen LogP contribution in [0, 0.1) is 6.92 Å². The molecule has 1 atom stereocenters. The van der Waals surface area contributed by atoms with E-state index < -0.39 is 0 Å². The maximum absolute atomic E-state index is 12.8. The Morgan fingerprint density at radius 3 is 2.72 bits per heavy atom. The first-order valence-electron chi connectivity index (χ1n) is 8.55. The third kappa shape index (κ3) is 3.46. The predicted octanol–water partition coefficient (Wildman–Crippen LogP) is 3.18. The third-order valence-electron chi connectivity index (χ3n) is 4.78. The molecule has 1 heterocycles. The predicted molar refractivity (Wildman–Crippen MR) is 101 cm³/mol. The molecule has 5 nitrogen and oxygen atoms in total. The number of nitrogens with zero attached hydrogens (tertiary/aromatic N) is 2. The molecular weight excluding hydrogens is 314 g/mol. The normalized spacial score (nSPS) is 16.3. The molecule has 0 saturated heterocycles. The topological polar surface area (TPSA) is 55.8 Å². The number of aryl methyl sites for hydroxylation is 1. The van der Waals surface area contributed by atoms with Crippen molar-refractivity contribution in [3.63, 3.8) is 0 Å². The molecular formula is C20H25N3O2. The Kier molecular flexibility index (Phi) is 4.95. The van der Waals surface area contributed by atoms with Crippen molar-refractivity contribution in [1.29, 1.82) is 0 Å². The molecule has 0 spiro atoms. The van der Waals surface area contributed by atoms with Gasteiger partial charge in [-0.1, -0.05) is 24.3 Å². The monoisotopic (exact) mass is 339 g/mol. The highest BCUT2D eigenvalue weighted by Gasteiger charge is 2.30. The second-order valence-electron chi connectivity index (χ2n) is 6.67. The summed E-state index contributed by atoms with van der Waals surface area (Å²) < 4.78 is 0. The van der Waals surface area contributed by atoms with Crippen molar-refractivity contribution in [1.82, 2.24) is 4.90 Å². The van der Waals surface area contributed by atoms with Crippen LogP contribution in [0.2, 0.25) is 0 Å². The van der Waals surface area contributed by atoms with Crippen LogP contribution >= 0.6 is 0 Å². The molecule has 2 amide bonds. The van der Waals surface area contributed by atoms with Crippen LogP contribution in [0.3, 0.4) is 0 Å². The van der Waals surface area contributed by atoms with Crippen LogP contribution < -0.4 is 10.2 Å². The van der Waals surface area contributed by atoms with Gasteiger partial charge in [-0.3, -0.25) is 0 Å². The number of hydrogen-bond donors (Lipinski definition) is 2. The van der Waals surface area contributed by atoms with Crippen molar-refractivity contribution in [3.05, 3.63) is 59.2 Å². The van der Waals surface area contributed by atoms with E-state index in [0.29, 0.717) is 6.54 Å². The summed E-state index contributed by atoms with van der Waals surface area (Å²) >= 11 is 0. The smallest absolute Gasteiger partial charge is 0.322 e. The number of aliphatic hydroxyl groups is 1. The van der Waals surface area contributed by atoms with E-state index in [1.165, 1.54) is 5.56 Å². The van der Waals surface area contributed by atoms with Crippen LogP contribution in [0.25, 0.3) is 0 Å². The third-order valence-corrected chi connectivity index (χ3v) is 4.78. The van der Waals surface area contributed by atoms with E-state index >= 15 is 0 Å². The average Bonchev–Trinajstić information content (AvgIpc) is 2.60. The molecule has 0 aliphatic carbocycles. The molecule has 1 aliphatic heterocycles. The van der Waals surface area contributed by atoms with Crippen LogP contribution in [0.4, 0.5) is 16.2 Å². The van der Waals surface area contributed by atoms with Crippen LogP contribution in [-0.4, -0.2) is 43.3 Å². The van der Waals surface area contributed by atoms with Crippen molar-refractivity contribution in [3.8, 4) is 0 Å². The van der Waals surface area contributed by atoms with Gasteiger partial charge in [-0.2, -0.15) is 0 Å². The van der Waals surface area contributed by atoms with E-state index in [1.54, 1.807) is 4.90 Å². The van der Waals surface area contributed by atoms with Crippen LogP contribution in [0.15, 0.2) is 42.5 Å². The van der Waals surface area contributed by atoms with Crippen LogP contribution in [0.1, 0.15) is 22.7 Å². The van der Waals surface area contributed by atoms with Crippen molar-refractivity contribution >= 4 is 17.4 Å². The average molecular weight is 339 g/mol. The van der Waals surface area contributed by atoms with Crippen molar-refractivity contribution in [2.75, 3.05) is 37.5 Å². The summed E-state index contributed by atoms with van der Waals surface area (Å²) in [6.45, 7) is 2.55. The Labute approximate surface area is 148 Å². The van der Waals surface area contributed by atoms with Crippen LogP contribution in [0.5, 0.6) is 0 Å². The number of carbonyl (C=O) groups is 1. The van der Waals surface area contributed by atoms with E-state index in [1.807, 2.05) is 62.3 Å². The quantitative estimate of drug-likeness (QED) is 0.903. The summed E-state index contributed by atoms with van der Waals surface area (Å²) in [5.74, 6) is 0. The van der Waals surface area contributed by atoms with Gasteiger partial charge in [0.15, 0.2) is 0 Å². The van der Waals surface area contributed by atoms with Gasteiger partial charge in [-0.15, -0.1) is 0 Å². The highest BCUT2D eigenvalue weighted by atomic mass is 16.3. The molecule has 5 heteroatoms. The van der Waals surface area contributed by atoms with Gasteiger partial charge in [0.1, 0.15) is 0 Å². The summed E-state index contributed by atoms with van der Waals surface area (Å²) in [5.41, 5.74) is 5.23. The number of fused-ring (bicyclic) bond motifs is 1. The van der Waals surface area contributed by atoms with E-state index in [9.17, 15) is 9.90 Å². The van der Waals surface area contributed by atoms with Crippen molar-refractivity contribution < 1.29 is 9.90 Å². The Morgan fingerprint density at radius 1 is 1.28 bits per heavy atom. The van der Waals surface area contributed by atoms with Gasteiger partial charge < -0.3 is 20.2 Å². The van der Waals surface area contributed by atoms with Gasteiger partial charge >= 0.3 is 6.03 Å². The SMILES string of the molecule is Cc1cc(NC(=O)N2CCc3ccccc3C2CO)ccc1N(C)C. The van der Waals surface area contributed by atoms with Gasteiger partial charge in [0.25, 0.3) is 0 Å². The Balaban J connectivity index is 1.78. The molecule has 3 rings (SSSR count). The molecule has 25 heavy (non-hydrogen) atoms. The van der Waals surface area contributed by atoms with Gasteiger partial charge in [0.05, 0.1) is 12.6 Å². The highest BCUT2D eigenvalue weighted by molar-refractivity contribution is 5.90. The maximum Gasteiger partial charge on any atom is 0.322 e. The first kappa shape index (κ1) is 17.3. The van der Waals surface area contributed by atoms with Gasteiger partial charge in [-0.25, -0.2) is 4.79 Å². The largest absolute Gasteiger partial charge is 0.394 e. The highest BCUT2D eigenvalue weighted by Crippen LogP contribution is 2.30. The van der Waals surface area contributed by atoms with Gasteiger partial charge in [-0.05, 0) is 48.2 Å². The Bertz CT molecular complexity index is 773. The van der Waals surface area contributed by atoms with E-state index in [2.05, 4.69) is 11.4 Å². The number of urea groups is 1. The lowest BCUT2D eigenvalue weighted by atomic mass is 9.93. The van der Waals surface area contributed by atoms with Crippen LogP contribution in [-0.2, 0) is 6.42 Å². The second-order valence-corrected chi connectivity index (χ2v) is 6.67. The minimum atomic E-state index is -0.299.